The van der Waals surface area contributed by atoms with Crippen molar-refractivity contribution in [3.05, 3.63) is 58.6 Å². The van der Waals surface area contributed by atoms with Crippen LogP contribution in [-0.2, 0) is 6.18 Å². The predicted octanol–water partition coefficient (Wildman–Crippen LogP) is 4.32. The van der Waals surface area contributed by atoms with Gasteiger partial charge in [0.15, 0.2) is 0 Å². The molecule has 2 aromatic carbocycles. The van der Waals surface area contributed by atoms with Crippen LogP contribution in [0.25, 0.3) is 0 Å². The third kappa shape index (κ3) is 3.46. The molecule has 3 nitrogen and oxygen atoms in total. The van der Waals surface area contributed by atoms with Gasteiger partial charge in [0.05, 0.1) is 16.1 Å². The van der Waals surface area contributed by atoms with E-state index in [0.717, 1.165) is 12.1 Å². The zero-order valence-electron chi connectivity index (χ0n) is 10.4. The summed E-state index contributed by atoms with van der Waals surface area (Å²) in [5.41, 5.74) is -1.13. The molecule has 0 saturated carbocycles. The molecule has 1 amide bonds. The Balaban J connectivity index is 2.32. The highest BCUT2D eigenvalue weighted by atomic mass is 35.5. The molecule has 0 aliphatic heterocycles. The maximum absolute atomic E-state index is 12.7. The molecule has 0 fully saturated rings. The van der Waals surface area contributed by atoms with E-state index in [4.69, 9.17) is 11.6 Å². The lowest BCUT2D eigenvalue weighted by atomic mass is 10.1. The number of nitrogens with one attached hydrogen (secondary N) is 1. The van der Waals surface area contributed by atoms with Gasteiger partial charge in [-0.05, 0) is 24.3 Å². The maximum Gasteiger partial charge on any atom is 0.417 e. The molecule has 0 aliphatic carbocycles. The monoisotopic (exact) mass is 315 g/mol. The molecule has 0 heterocycles. The molecular weight excluding hydrogens is 307 g/mol. The van der Waals surface area contributed by atoms with Gasteiger partial charge in [0.25, 0.3) is 5.91 Å². The molecule has 2 aromatic rings. The number of carbonyl (C=O) groups excluding carboxylic acids is 1. The van der Waals surface area contributed by atoms with Crippen LogP contribution in [0, 0.1) is 0 Å². The minimum atomic E-state index is -4.64. The molecule has 0 bridgehead atoms. The number of phenols is 1. The van der Waals surface area contributed by atoms with Crippen LogP contribution in [0.15, 0.2) is 42.5 Å². The van der Waals surface area contributed by atoms with Crippen LogP contribution in [0.3, 0.4) is 0 Å². The molecule has 0 aromatic heterocycles. The van der Waals surface area contributed by atoms with Crippen LogP contribution < -0.4 is 5.32 Å². The van der Waals surface area contributed by atoms with Gasteiger partial charge in [-0.15, -0.1) is 0 Å². The lowest BCUT2D eigenvalue weighted by Gasteiger charge is -2.12. The molecule has 2 rings (SSSR count). The lowest BCUT2D eigenvalue weighted by molar-refractivity contribution is -0.137. The Morgan fingerprint density at radius 3 is 2.43 bits per heavy atom. The molecule has 7 heteroatoms. The Labute approximate surface area is 123 Å². The van der Waals surface area contributed by atoms with Gasteiger partial charge in [-0.1, -0.05) is 23.7 Å². The van der Waals surface area contributed by atoms with Gasteiger partial charge < -0.3 is 10.4 Å². The van der Waals surface area contributed by atoms with Crippen LogP contribution >= 0.6 is 11.6 Å². The number of aromatic hydroxyl groups is 1. The Morgan fingerprint density at radius 1 is 1.14 bits per heavy atom. The number of carbonyl (C=O) groups is 1. The fraction of sp³-hybridized carbons (Fsp3) is 0.0714. The summed E-state index contributed by atoms with van der Waals surface area (Å²) in [6, 6.07) is 8.72. The maximum atomic E-state index is 12.7. The van der Waals surface area contributed by atoms with Crippen molar-refractivity contribution in [2.45, 2.75) is 6.18 Å². The molecule has 0 aliphatic rings. The summed E-state index contributed by atoms with van der Waals surface area (Å²) in [4.78, 5) is 12.0. The second-order valence-electron chi connectivity index (χ2n) is 4.17. The Morgan fingerprint density at radius 2 is 1.81 bits per heavy atom. The molecule has 0 saturated heterocycles. The van der Waals surface area contributed by atoms with Crippen LogP contribution in [0.1, 0.15) is 15.9 Å². The normalized spacial score (nSPS) is 11.2. The minimum absolute atomic E-state index is 0.0806. The van der Waals surface area contributed by atoms with E-state index >= 15 is 0 Å². The number of anilines is 1. The third-order valence-corrected chi connectivity index (χ3v) is 3.06. The Bertz CT molecular complexity index is 686. The number of alkyl halides is 3. The van der Waals surface area contributed by atoms with E-state index in [2.05, 4.69) is 5.32 Å². The van der Waals surface area contributed by atoms with Crippen molar-refractivity contribution in [1.29, 1.82) is 0 Å². The first-order chi connectivity index (χ1) is 9.79. The molecule has 21 heavy (non-hydrogen) atoms. The van der Waals surface area contributed by atoms with E-state index in [1.165, 1.54) is 30.3 Å². The van der Waals surface area contributed by atoms with E-state index in [-0.39, 0.29) is 17.0 Å². The zero-order valence-corrected chi connectivity index (χ0v) is 11.2. The average molecular weight is 316 g/mol. The molecular formula is C14H9ClF3NO2. The van der Waals surface area contributed by atoms with Crippen LogP contribution in [0.2, 0.25) is 5.02 Å². The van der Waals surface area contributed by atoms with E-state index in [1.807, 2.05) is 0 Å². The Kier molecular flexibility index (Phi) is 4.09. The number of benzene rings is 2. The van der Waals surface area contributed by atoms with Crippen LogP contribution in [0.5, 0.6) is 5.75 Å². The molecule has 2 N–H and O–H groups in total. The van der Waals surface area contributed by atoms with Gasteiger partial charge in [0, 0.05) is 11.8 Å². The van der Waals surface area contributed by atoms with E-state index in [9.17, 15) is 23.1 Å². The third-order valence-electron chi connectivity index (χ3n) is 2.65. The summed E-state index contributed by atoms with van der Waals surface area (Å²) in [7, 11) is 0. The summed E-state index contributed by atoms with van der Waals surface area (Å²) in [5.74, 6) is -0.875. The number of amides is 1. The van der Waals surface area contributed by atoms with Gasteiger partial charge in [-0.2, -0.15) is 13.2 Å². The van der Waals surface area contributed by atoms with Crippen molar-refractivity contribution in [3.8, 4) is 5.75 Å². The van der Waals surface area contributed by atoms with Crippen molar-refractivity contribution in [2.24, 2.45) is 0 Å². The van der Waals surface area contributed by atoms with Crippen LogP contribution in [-0.4, -0.2) is 11.0 Å². The summed E-state index contributed by atoms with van der Waals surface area (Å²) in [6.07, 6.45) is -4.64. The first kappa shape index (κ1) is 15.2. The summed E-state index contributed by atoms with van der Waals surface area (Å²) >= 11 is 5.66. The second kappa shape index (κ2) is 5.65. The van der Waals surface area contributed by atoms with Crippen molar-refractivity contribution in [2.75, 3.05) is 5.32 Å². The van der Waals surface area contributed by atoms with Crippen molar-refractivity contribution >= 4 is 23.2 Å². The van der Waals surface area contributed by atoms with Crippen molar-refractivity contribution in [3.63, 3.8) is 0 Å². The van der Waals surface area contributed by atoms with Crippen LogP contribution in [0.4, 0.5) is 18.9 Å². The fourth-order valence-corrected chi connectivity index (χ4v) is 2.03. The topological polar surface area (TPSA) is 49.3 Å². The Hall–Kier alpha value is -2.21. The first-order valence-electron chi connectivity index (χ1n) is 5.75. The highest BCUT2D eigenvalue weighted by Crippen LogP contribution is 2.36. The SMILES string of the molecule is O=C(Nc1cccc(O)c1)c1cccc(C(F)(F)F)c1Cl. The highest BCUT2D eigenvalue weighted by Gasteiger charge is 2.34. The largest absolute Gasteiger partial charge is 0.508 e. The lowest BCUT2D eigenvalue weighted by Crippen LogP contribution is -2.15. The smallest absolute Gasteiger partial charge is 0.417 e. The quantitative estimate of drug-likeness (QED) is 0.867. The standard InChI is InChI=1S/C14H9ClF3NO2/c15-12-10(5-2-6-11(12)14(16,17)18)13(21)19-8-3-1-4-9(20)7-8/h1-7,20H,(H,19,21). The molecule has 0 radical (unpaired) electrons. The summed E-state index contributed by atoms with van der Waals surface area (Å²) in [6.45, 7) is 0. The van der Waals surface area contributed by atoms with Gasteiger partial charge in [-0.3, -0.25) is 4.79 Å². The number of hydrogen-bond acceptors (Lipinski definition) is 2. The second-order valence-corrected chi connectivity index (χ2v) is 4.55. The van der Waals surface area contributed by atoms with Gasteiger partial charge in [-0.25, -0.2) is 0 Å². The first-order valence-corrected chi connectivity index (χ1v) is 6.13. The number of phenolic OH excluding ortho intramolecular Hbond substituents is 1. The average Bonchev–Trinajstić information content (AvgIpc) is 2.37. The van der Waals surface area contributed by atoms with Crippen molar-refractivity contribution < 1.29 is 23.1 Å². The number of hydrogen-bond donors (Lipinski definition) is 2. The zero-order chi connectivity index (χ0) is 15.6. The minimum Gasteiger partial charge on any atom is -0.508 e. The number of rotatable bonds is 2. The van der Waals surface area contributed by atoms with Gasteiger partial charge in [0.1, 0.15) is 5.75 Å². The van der Waals surface area contributed by atoms with Gasteiger partial charge in [0.2, 0.25) is 0 Å². The van der Waals surface area contributed by atoms with Crippen molar-refractivity contribution in [1.82, 2.24) is 0 Å². The molecule has 0 unspecified atom stereocenters. The number of halogens is 4. The summed E-state index contributed by atoms with van der Waals surface area (Å²) in [5, 5.41) is 11.0. The molecule has 0 atom stereocenters. The van der Waals surface area contributed by atoms with E-state index < -0.39 is 22.7 Å². The fourth-order valence-electron chi connectivity index (χ4n) is 1.71. The summed E-state index contributed by atoms with van der Waals surface area (Å²) < 4.78 is 38.2. The predicted molar refractivity (Wildman–Crippen MR) is 72.5 cm³/mol. The molecule has 0 spiro atoms. The van der Waals surface area contributed by atoms with E-state index in [0.29, 0.717) is 0 Å². The highest BCUT2D eigenvalue weighted by molar-refractivity contribution is 6.35. The van der Waals surface area contributed by atoms with E-state index in [1.54, 1.807) is 0 Å². The molecule has 110 valence electrons. The van der Waals surface area contributed by atoms with Gasteiger partial charge >= 0.3 is 6.18 Å².